The highest BCUT2D eigenvalue weighted by molar-refractivity contribution is 8.00. The molecule has 1 aliphatic heterocycles. The summed E-state index contributed by atoms with van der Waals surface area (Å²) in [5.74, 6) is -0.572. The Morgan fingerprint density at radius 3 is 2.45 bits per heavy atom. The first-order valence-electron chi connectivity index (χ1n) is 13.7. The van der Waals surface area contributed by atoms with E-state index in [1.165, 1.54) is 28.8 Å². The van der Waals surface area contributed by atoms with Gasteiger partial charge in [0, 0.05) is 11.3 Å². The van der Waals surface area contributed by atoms with Crippen molar-refractivity contribution in [1.29, 1.82) is 0 Å². The van der Waals surface area contributed by atoms with Crippen LogP contribution in [0.3, 0.4) is 0 Å². The first kappa shape index (κ1) is 29.3. The molecule has 1 amide bonds. The van der Waals surface area contributed by atoms with Crippen LogP contribution < -0.4 is 9.64 Å². The van der Waals surface area contributed by atoms with E-state index in [9.17, 15) is 19.1 Å². The Bertz CT molecular complexity index is 1890. The lowest BCUT2D eigenvalue weighted by molar-refractivity contribution is -0.132. The number of aromatic nitrogens is 2. The number of rotatable bonds is 8. The van der Waals surface area contributed by atoms with Gasteiger partial charge in [0.1, 0.15) is 23.1 Å². The zero-order chi connectivity index (χ0) is 30.8. The molecule has 5 aromatic rings. The quantitative estimate of drug-likeness (QED) is 0.0616. The number of amides is 1. The second kappa shape index (κ2) is 12.4. The Balaban J connectivity index is 1.41. The van der Waals surface area contributed by atoms with Crippen LogP contribution >= 0.6 is 23.1 Å². The lowest BCUT2D eigenvalue weighted by Crippen LogP contribution is -2.29. The zero-order valence-electron chi connectivity index (χ0n) is 23.7. The predicted octanol–water partition coefficient (Wildman–Crippen LogP) is 8.00. The molecule has 10 heteroatoms. The van der Waals surface area contributed by atoms with E-state index in [0.29, 0.717) is 32.7 Å². The monoisotopic (exact) mass is 623 g/mol. The lowest BCUT2D eigenvalue weighted by Gasteiger charge is -2.23. The van der Waals surface area contributed by atoms with Gasteiger partial charge in [0.05, 0.1) is 11.6 Å². The highest BCUT2D eigenvalue weighted by Crippen LogP contribution is 2.45. The average molecular weight is 624 g/mol. The number of halogens is 1. The molecular formula is C34H26FN3O4S2. The van der Waals surface area contributed by atoms with Crippen molar-refractivity contribution in [2.75, 3.05) is 4.90 Å². The van der Waals surface area contributed by atoms with Crippen LogP contribution in [0.15, 0.2) is 107 Å². The minimum absolute atomic E-state index is 0.0451. The van der Waals surface area contributed by atoms with Gasteiger partial charge in [-0.25, -0.2) is 4.39 Å². The second-order valence-electron chi connectivity index (χ2n) is 10.2. The summed E-state index contributed by atoms with van der Waals surface area (Å²) in [6.45, 7) is 3.73. The number of ether oxygens (including phenoxy) is 1. The van der Waals surface area contributed by atoms with Crippen LogP contribution in [-0.2, 0) is 15.3 Å². The van der Waals surface area contributed by atoms with Crippen LogP contribution in [0.2, 0.25) is 0 Å². The first-order chi connectivity index (χ1) is 21.3. The van der Waals surface area contributed by atoms with E-state index in [1.54, 1.807) is 42.5 Å². The number of hydrogen-bond acceptors (Lipinski definition) is 8. The number of nitrogens with zero attached hydrogens (tertiary/aromatic N) is 3. The third-order valence-electron chi connectivity index (χ3n) is 7.12. The summed E-state index contributed by atoms with van der Waals surface area (Å²) in [5, 5.41) is 20.4. The molecule has 1 fully saturated rings. The van der Waals surface area contributed by atoms with Crippen molar-refractivity contribution in [2.24, 2.45) is 0 Å². The number of aliphatic hydroxyl groups excluding tert-OH is 1. The van der Waals surface area contributed by atoms with E-state index in [0.717, 1.165) is 28.0 Å². The van der Waals surface area contributed by atoms with Crippen molar-refractivity contribution in [3.05, 3.63) is 136 Å². The van der Waals surface area contributed by atoms with Crippen molar-refractivity contribution in [2.45, 2.75) is 30.0 Å². The number of benzene rings is 4. The highest BCUT2D eigenvalue weighted by Gasteiger charge is 2.48. The van der Waals surface area contributed by atoms with Gasteiger partial charge in [-0.15, -0.1) is 10.2 Å². The van der Waals surface area contributed by atoms with Crippen molar-refractivity contribution < 1.29 is 23.8 Å². The Kier molecular flexibility index (Phi) is 8.28. The number of aliphatic hydroxyl groups is 1. The van der Waals surface area contributed by atoms with Gasteiger partial charge in [0.25, 0.3) is 5.78 Å². The first-order valence-corrected chi connectivity index (χ1v) is 15.5. The highest BCUT2D eigenvalue weighted by atomic mass is 32.2. The molecule has 0 aliphatic carbocycles. The number of Topliss-reactive ketones (excluding diaryl/α,β-unsaturated/α-hetero) is 1. The van der Waals surface area contributed by atoms with Gasteiger partial charge in [0.15, 0.2) is 4.34 Å². The molecule has 1 saturated heterocycles. The number of para-hydroxylation sites is 1. The van der Waals surface area contributed by atoms with Crippen molar-refractivity contribution in [3.63, 3.8) is 0 Å². The van der Waals surface area contributed by atoms with Gasteiger partial charge in [-0.05, 0) is 73.0 Å². The number of ketones is 1. The number of carbonyl (C=O) groups excluding carboxylic acids is 2. The van der Waals surface area contributed by atoms with Gasteiger partial charge < -0.3 is 9.84 Å². The van der Waals surface area contributed by atoms with Gasteiger partial charge >= 0.3 is 5.91 Å². The molecule has 0 bridgehead atoms. The molecule has 1 unspecified atom stereocenters. The summed E-state index contributed by atoms with van der Waals surface area (Å²) >= 11 is 2.55. The topological polar surface area (TPSA) is 92.6 Å². The number of thioether (sulfide) groups is 1. The molecule has 220 valence electrons. The normalized spacial score (nSPS) is 16.0. The molecule has 0 radical (unpaired) electrons. The third kappa shape index (κ3) is 5.99. The fourth-order valence-corrected chi connectivity index (χ4v) is 6.76. The molecule has 0 saturated carbocycles. The summed E-state index contributed by atoms with van der Waals surface area (Å²) < 4.78 is 19.9. The maximum Gasteiger partial charge on any atom is 0.301 e. The van der Waals surface area contributed by atoms with Crippen LogP contribution in [-0.4, -0.2) is 27.0 Å². The van der Waals surface area contributed by atoms with Crippen molar-refractivity contribution in [3.8, 4) is 11.5 Å². The van der Waals surface area contributed by atoms with E-state index in [2.05, 4.69) is 10.2 Å². The van der Waals surface area contributed by atoms with Crippen molar-refractivity contribution >= 4 is 45.7 Å². The van der Waals surface area contributed by atoms with E-state index in [-0.39, 0.29) is 22.3 Å². The Hall–Kier alpha value is -4.80. The molecule has 4 aromatic carbocycles. The second-order valence-corrected chi connectivity index (χ2v) is 12.4. The Morgan fingerprint density at radius 2 is 1.68 bits per heavy atom. The maximum absolute atomic E-state index is 13.7. The van der Waals surface area contributed by atoms with Gasteiger partial charge in [-0.1, -0.05) is 83.3 Å². The largest absolute Gasteiger partial charge is 0.507 e. The predicted molar refractivity (Wildman–Crippen MR) is 170 cm³/mol. The SMILES string of the molecule is Cc1ccc(C)c(/C(O)=C2\C(=O)C(=O)N(c3nnc(SCc4ccc(F)cc4)s3)C2c2cccc(Oc3ccccc3)c2)c1. The number of anilines is 1. The molecule has 1 aromatic heterocycles. The van der Waals surface area contributed by atoms with Crippen molar-refractivity contribution in [1.82, 2.24) is 10.2 Å². The molecule has 2 heterocycles. The maximum atomic E-state index is 13.7. The molecule has 1 atom stereocenters. The molecule has 1 N–H and O–H groups in total. The number of carbonyl (C=O) groups is 2. The van der Waals surface area contributed by atoms with Crippen LogP contribution in [0.4, 0.5) is 9.52 Å². The fraction of sp³-hybridized carbons (Fsp3) is 0.118. The molecule has 7 nitrogen and oxygen atoms in total. The summed E-state index contributed by atoms with van der Waals surface area (Å²) in [7, 11) is 0. The van der Waals surface area contributed by atoms with E-state index >= 15 is 0 Å². The average Bonchev–Trinajstić information content (AvgIpc) is 3.60. The van der Waals surface area contributed by atoms with Gasteiger partial charge in [-0.3, -0.25) is 14.5 Å². The van der Waals surface area contributed by atoms with Crippen LogP contribution in [0, 0.1) is 19.7 Å². The summed E-state index contributed by atoms with van der Waals surface area (Å²) in [6, 6.07) is 27.1. The molecular weight excluding hydrogens is 598 g/mol. The summed E-state index contributed by atoms with van der Waals surface area (Å²) in [4.78, 5) is 28.7. The molecule has 6 rings (SSSR count). The minimum atomic E-state index is -0.989. The summed E-state index contributed by atoms with van der Waals surface area (Å²) in [6.07, 6.45) is 0. The fourth-order valence-electron chi connectivity index (χ4n) is 4.94. The third-order valence-corrected chi connectivity index (χ3v) is 9.25. The molecule has 1 aliphatic rings. The number of aryl methyl sites for hydroxylation is 2. The minimum Gasteiger partial charge on any atom is -0.507 e. The van der Waals surface area contributed by atoms with Gasteiger partial charge in [-0.2, -0.15) is 0 Å². The van der Waals surface area contributed by atoms with Crippen LogP contribution in [0.1, 0.15) is 33.9 Å². The Morgan fingerprint density at radius 1 is 0.932 bits per heavy atom. The van der Waals surface area contributed by atoms with E-state index < -0.39 is 17.7 Å². The lowest BCUT2D eigenvalue weighted by atomic mass is 9.93. The zero-order valence-corrected chi connectivity index (χ0v) is 25.4. The van der Waals surface area contributed by atoms with Crippen LogP contribution in [0.5, 0.6) is 11.5 Å². The number of hydrogen-bond donors (Lipinski definition) is 1. The molecule has 44 heavy (non-hydrogen) atoms. The molecule has 0 spiro atoms. The Labute approximate surface area is 261 Å². The van der Waals surface area contributed by atoms with Gasteiger partial charge in [0.2, 0.25) is 5.13 Å². The smallest absolute Gasteiger partial charge is 0.301 e. The standard InChI is InChI=1S/C34H26FN3O4S2/c1-20-11-12-21(2)27(17-20)30(39)28-29(23-7-6-10-26(18-23)42-25-8-4-3-5-9-25)38(32(41)31(28)40)33-36-37-34(44-33)43-19-22-13-15-24(35)16-14-22/h3-18,29,39H,19H2,1-2H3/b30-28+. The summed E-state index contributed by atoms with van der Waals surface area (Å²) in [5.41, 5.74) is 3.54. The van der Waals surface area contributed by atoms with E-state index in [1.807, 2.05) is 56.3 Å². The van der Waals surface area contributed by atoms with E-state index in [4.69, 9.17) is 4.74 Å². The van der Waals surface area contributed by atoms with Crippen LogP contribution in [0.25, 0.3) is 5.76 Å².